The van der Waals surface area contributed by atoms with Gasteiger partial charge in [0.15, 0.2) is 0 Å². The van der Waals surface area contributed by atoms with Crippen LogP contribution in [0.5, 0.6) is 5.75 Å². The van der Waals surface area contributed by atoms with Crippen molar-refractivity contribution in [3.63, 3.8) is 0 Å². The molecular formula is C15H14BrFN2O2. The Bertz CT molecular complexity index is 677. The zero-order valence-corrected chi connectivity index (χ0v) is 12.9. The molecule has 3 N–H and O–H groups in total. The van der Waals surface area contributed by atoms with Gasteiger partial charge in [0.2, 0.25) is 0 Å². The van der Waals surface area contributed by atoms with E-state index >= 15 is 0 Å². The summed E-state index contributed by atoms with van der Waals surface area (Å²) in [5, 5.41) is 2.61. The van der Waals surface area contributed by atoms with Crippen LogP contribution in [0.3, 0.4) is 0 Å². The number of carbonyl (C=O) groups is 1. The van der Waals surface area contributed by atoms with Crippen molar-refractivity contribution in [3.05, 3.63) is 52.3 Å². The molecule has 1 amide bonds. The molecule has 0 radical (unpaired) electrons. The Kier molecular flexibility index (Phi) is 4.80. The first-order chi connectivity index (χ1) is 9.99. The minimum Gasteiger partial charge on any atom is -0.494 e. The molecule has 2 rings (SSSR count). The van der Waals surface area contributed by atoms with Crippen LogP contribution in [0.1, 0.15) is 17.3 Å². The first-order valence-corrected chi connectivity index (χ1v) is 7.08. The number of halogens is 2. The third-order valence-electron chi connectivity index (χ3n) is 2.68. The van der Waals surface area contributed by atoms with E-state index in [2.05, 4.69) is 21.2 Å². The molecule has 0 aliphatic carbocycles. The van der Waals surface area contributed by atoms with Crippen LogP contribution in [-0.4, -0.2) is 12.5 Å². The SMILES string of the molecule is CCOc1cc(N)cc(C(=O)Nc2ccc(Br)c(F)c2)c1. The number of hydrogen-bond donors (Lipinski definition) is 2. The maximum absolute atomic E-state index is 13.4. The molecule has 0 spiro atoms. The van der Waals surface area contributed by atoms with Gasteiger partial charge in [0, 0.05) is 23.0 Å². The van der Waals surface area contributed by atoms with Gasteiger partial charge in [-0.2, -0.15) is 0 Å². The van der Waals surface area contributed by atoms with E-state index in [-0.39, 0.29) is 5.91 Å². The number of nitrogens with one attached hydrogen (secondary N) is 1. The predicted octanol–water partition coefficient (Wildman–Crippen LogP) is 3.82. The number of ether oxygens (including phenoxy) is 1. The highest BCUT2D eigenvalue weighted by Crippen LogP contribution is 2.22. The maximum Gasteiger partial charge on any atom is 0.255 e. The number of rotatable bonds is 4. The quantitative estimate of drug-likeness (QED) is 0.822. The van der Waals surface area contributed by atoms with E-state index in [1.54, 1.807) is 18.2 Å². The largest absolute Gasteiger partial charge is 0.494 e. The summed E-state index contributed by atoms with van der Waals surface area (Å²) < 4.78 is 19.1. The van der Waals surface area contributed by atoms with Gasteiger partial charge >= 0.3 is 0 Å². The van der Waals surface area contributed by atoms with Crippen LogP contribution in [0, 0.1) is 5.82 Å². The lowest BCUT2D eigenvalue weighted by atomic mass is 10.1. The number of hydrogen-bond acceptors (Lipinski definition) is 3. The number of benzene rings is 2. The van der Waals surface area contributed by atoms with E-state index in [4.69, 9.17) is 10.5 Å². The van der Waals surface area contributed by atoms with E-state index in [9.17, 15) is 9.18 Å². The molecule has 110 valence electrons. The summed E-state index contributed by atoms with van der Waals surface area (Å²) in [6.45, 7) is 2.32. The Labute approximate surface area is 130 Å². The van der Waals surface area contributed by atoms with Gasteiger partial charge in [-0.1, -0.05) is 0 Å². The molecule has 6 heteroatoms. The lowest BCUT2D eigenvalue weighted by Gasteiger charge is -2.09. The van der Waals surface area contributed by atoms with Gasteiger partial charge < -0.3 is 15.8 Å². The van der Waals surface area contributed by atoms with Gasteiger partial charge in [-0.25, -0.2) is 4.39 Å². The van der Waals surface area contributed by atoms with Crippen molar-refractivity contribution < 1.29 is 13.9 Å². The van der Waals surface area contributed by atoms with Crippen molar-refractivity contribution >= 4 is 33.2 Å². The van der Waals surface area contributed by atoms with Crippen molar-refractivity contribution in [2.45, 2.75) is 6.92 Å². The van der Waals surface area contributed by atoms with E-state index in [1.807, 2.05) is 6.92 Å². The third-order valence-corrected chi connectivity index (χ3v) is 3.32. The Morgan fingerprint density at radius 2 is 2.10 bits per heavy atom. The second-order valence-corrected chi connectivity index (χ2v) is 5.16. The number of anilines is 2. The van der Waals surface area contributed by atoms with Gasteiger partial charge in [-0.05, 0) is 53.2 Å². The first kappa shape index (κ1) is 15.3. The van der Waals surface area contributed by atoms with Gasteiger partial charge in [-0.3, -0.25) is 4.79 Å². The number of nitrogen functional groups attached to an aromatic ring is 1. The molecule has 0 bridgehead atoms. The van der Waals surface area contributed by atoms with Crippen molar-refractivity contribution in [2.75, 3.05) is 17.7 Å². The third kappa shape index (κ3) is 3.95. The summed E-state index contributed by atoms with van der Waals surface area (Å²) >= 11 is 3.06. The Morgan fingerprint density at radius 1 is 1.33 bits per heavy atom. The van der Waals surface area contributed by atoms with Gasteiger partial charge in [-0.15, -0.1) is 0 Å². The molecule has 0 fully saturated rings. The van der Waals surface area contributed by atoms with E-state index in [0.717, 1.165) is 0 Å². The maximum atomic E-state index is 13.4. The molecule has 0 unspecified atom stereocenters. The Hall–Kier alpha value is -2.08. The van der Waals surface area contributed by atoms with E-state index in [0.29, 0.717) is 33.8 Å². The standard InChI is InChI=1S/C15H14BrFN2O2/c1-2-21-12-6-9(5-10(18)7-12)15(20)19-11-3-4-13(16)14(17)8-11/h3-8H,2,18H2,1H3,(H,19,20). The topological polar surface area (TPSA) is 64.3 Å². The highest BCUT2D eigenvalue weighted by atomic mass is 79.9. The lowest BCUT2D eigenvalue weighted by Crippen LogP contribution is -2.12. The van der Waals surface area contributed by atoms with Gasteiger partial charge in [0.25, 0.3) is 5.91 Å². The average molecular weight is 353 g/mol. The molecular weight excluding hydrogens is 339 g/mol. The summed E-state index contributed by atoms with van der Waals surface area (Å²) in [5.74, 6) is -0.315. The molecule has 0 aliphatic rings. The summed E-state index contributed by atoms with van der Waals surface area (Å²) in [7, 11) is 0. The molecule has 21 heavy (non-hydrogen) atoms. The smallest absolute Gasteiger partial charge is 0.255 e. The van der Waals surface area contributed by atoms with Crippen molar-refractivity contribution in [1.82, 2.24) is 0 Å². The van der Waals surface area contributed by atoms with Gasteiger partial charge in [0.1, 0.15) is 11.6 Å². The molecule has 0 aromatic heterocycles. The average Bonchev–Trinajstić information content (AvgIpc) is 2.42. The van der Waals surface area contributed by atoms with E-state index in [1.165, 1.54) is 18.2 Å². The first-order valence-electron chi connectivity index (χ1n) is 6.29. The number of amides is 1. The minimum absolute atomic E-state index is 0.336. The fraction of sp³-hybridized carbons (Fsp3) is 0.133. The van der Waals surface area contributed by atoms with Crippen molar-refractivity contribution in [2.24, 2.45) is 0 Å². The zero-order chi connectivity index (χ0) is 15.4. The summed E-state index contributed by atoms with van der Waals surface area (Å²) in [6, 6.07) is 9.12. The monoisotopic (exact) mass is 352 g/mol. The van der Waals surface area contributed by atoms with Crippen molar-refractivity contribution in [1.29, 1.82) is 0 Å². The van der Waals surface area contributed by atoms with Crippen LogP contribution in [0.15, 0.2) is 40.9 Å². The zero-order valence-electron chi connectivity index (χ0n) is 11.3. The summed E-state index contributed by atoms with van der Waals surface area (Å²) in [4.78, 5) is 12.2. The summed E-state index contributed by atoms with van der Waals surface area (Å²) in [6.07, 6.45) is 0. The Morgan fingerprint density at radius 3 is 2.76 bits per heavy atom. The number of carbonyl (C=O) groups excluding carboxylic acids is 1. The molecule has 0 saturated carbocycles. The lowest BCUT2D eigenvalue weighted by molar-refractivity contribution is 0.102. The highest BCUT2D eigenvalue weighted by Gasteiger charge is 2.10. The van der Waals surface area contributed by atoms with Gasteiger partial charge in [0.05, 0.1) is 11.1 Å². The molecule has 0 heterocycles. The van der Waals surface area contributed by atoms with Crippen LogP contribution in [0.2, 0.25) is 0 Å². The molecule has 4 nitrogen and oxygen atoms in total. The number of nitrogens with two attached hydrogens (primary N) is 1. The van der Waals surface area contributed by atoms with Crippen LogP contribution in [0.25, 0.3) is 0 Å². The molecule has 0 atom stereocenters. The fourth-order valence-corrected chi connectivity index (χ4v) is 2.03. The minimum atomic E-state index is -0.449. The Balaban J connectivity index is 2.21. The molecule has 0 saturated heterocycles. The fourth-order valence-electron chi connectivity index (χ4n) is 1.78. The highest BCUT2D eigenvalue weighted by molar-refractivity contribution is 9.10. The second kappa shape index (κ2) is 6.58. The predicted molar refractivity (Wildman–Crippen MR) is 84.1 cm³/mol. The van der Waals surface area contributed by atoms with E-state index < -0.39 is 5.82 Å². The normalized spacial score (nSPS) is 10.2. The van der Waals surface area contributed by atoms with Crippen LogP contribution in [-0.2, 0) is 0 Å². The molecule has 2 aromatic rings. The van der Waals surface area contributed by atoms with Crippen LogP contribution >= 0.6 is 15.9 Å². The van der Waals surface area contributed by atoms with Crippen LogP contribution in [0.4, 0.5) is 15.8 Å². The molecule has 2 aromatic carbocycles. The van der Waals surface area contributed by atoms with Crippen molar-refractivity contribution in [3.8, 4) is 5.75 Å². The summed E-state index contributed by atoms with van der Waals surface area (Å²) in [5.41, 5.74) is 6.87. The van der Waals surface area contributed by atoms with Crippen LogP contribution < -0.4 is 15.8 Å². The second-order valence-electron chi connectivity index (χ2n) is 4.31. The molecule has 0 aliphatic heterocycles.